The number of rotatable bonds is 29. The van der Waals surface area contributed by atoms with Gasteiger partial charge in [0, 0.05) is 73.8 Å². The number of amides is 7. The summed E-state index contributed by atoms with van der Waals surface area (Å²) in [5.41, 5.74) is 35.2. The number of H-pyrrole nitrogens is 1. The summed E-state index contributed by atoms with van der Waals surface area (Å²) in [6.07, 6.45) is 2.90. The topological polar surface area (TPSA) is 376 Å². The smallest absolute Gasteiger partial charge is 0.243 e. The molecule has 6 atom stereocenters. The number of carbonyl (C=O) groups excluding carboxylic acids is 8. The monoisotopic (exact) mass is 1020 g/mol. The van der Waals surface area contributed by atoms with Crippen LogP contribution in [0.15, 0.2) is 88.3 Å². The summed E-state index contributed by atoms with van der Waals surface area (Å²) in [5.74, 6) is -6.62. The average Bonchev–Trinajstić information content (AvgIpc) is 4.16. The van der Waals surface area contributed by atoms with E-state index in [0.717, 1.165) is 26.9 Å². The van der Waals surface area contributed by atoms with Gasteiger partial charge in [0.05, 0.1) is 12.5 Å². The van der Waals surface area contributed by atoms with Crippen molar-refractivity contribution >= 4 is 81.3 Å². The lowest BCUT2D eigenvalue weighted by molar-refractivity contribution is -0.144. The van der Waals surface area contributed by atoms with Crippen molar-refractivity contribution in [2.45, 2.75) is 107 Å². The molecule has 16 N–H and O–H groups in total. The average molecular weight is 1030 g/mol. The van der Waals surface area contributed by atoms with E-state index in [1.165, 1.54) is 21.1 Å². The number of likely N-dealkylation sites (tertiary alicyclic amines) is 1. The van der Waals surface area contributed by atoms with E-state index in [0.29, 0.717) is 12.8 Å². The number of aromatic nitrogens is 1. The molecule has 392 valence electrons. The summed E-state index contributed by atoms with van der Waals surface area (Å²) in [6, 6.07) is 14.5. The van der Waals surface area contributed by atoms with Crippen LogP contribution in [0.25, 0.3) is 10.9 Å². The number of nitrogens with zero attached hydrogens (tertiary/aromatic N) is 4. The standard InChI is InChI=1S/C50H68N14O8S/c1-63(43(67)20-19-33-14-10-24-73-33)40(26-32-29-59-35-16-6-5-15-34(32)35)47(71)61-37(25-30-11-3-2-4-12-30)41(65)27-31(13-7-21-57-49(53)54)48(72)64-23-9-18-39(64)46(70)60-36(17-8-22-58-50(55)56)45(69)62-38(44(52)68)28-42(51)66/h2-6,10-12,14-16,24,29,31,36-40,59H,7-9,13,17-23,25-28H2,1H3,(H2,51,66)(H2,52,68)(H,60,70)(H,61,71)(H,62,69)(H4,53,54,57)(H4,55,56,58)/t31-,36-,37-,38-,39-,40-/m0/s1. The number of guanidine groups is 2. The van der Waals surface area contributed by atoms with E-state index < -0.39 is 83.8 Å². The number of para-hydroxylation sites is 1. The summed E-state index contributed by atoms with van der Waals surface area (Å²) in [6.45, 7) is 0.370. The molecule has 1 aliphatic rings. The summed E-state index contributed by atoms with van der Waals surface area (Å²) in [5, 5.41) is 10.9. The normalized spacial score (nSPS) is 15.2. The van der Waals surface area contributed by atoms with Crippen LogP contribution in [0.2, 0.25) is 0 Å². The van der Waals surface area contributed by atoms with Gasteiger partial charge < -0.3 is 65.1 Å². The number of aliphatic imine (C=N–C) groups is 2. The Morgan fingerprint density at radius 3 is 2.10 bits per heavy atom. The molecular weight excluding hydrogens is 957 g/mol. The third kappa shape index (κ3) is 17.2. The molecule has 4 aromatic rings. The Kier molecular flexibility index (Phi) is 21.3. The third-order valence-electron chi connectivity index (χ3n) is 12.7. The van der Waals surface area contributed by atoms with Gasteiger partial charge in [-0.15, -0.1) is 11.3 Å². The number of fused-ring (bicyclic) bond motifs is 1. The predicted octanol–water partition coefficient (Wildman–Crippen LogP) is -0.0369. The van der Waals surface area contributed by atoms with Crippen LogP contribution in [0.5, 0.6) is 0 Å². The zero-order valence-corrected chi connectivity index (χ0v) is 41.8. The molecule has 1 aliphatic heterocycles. The van der Waals surface area contributed by atoms with Gasteiger partial charge in [0.1, 0.15) is 24.2 Å². The van der Waals surface area contributed by atoms with Gasteiger partial charge in [0.2, 0.25) is 41.4 Å². The lowest BCUT2D eigenvalue weighted by Crippen LogP contribution is -2.57. The van der Waals surface area contributed by atoms with Crippen molar-refractivity contribution < 1.29 is 38.4 Å². The van der Waals surface area contributed by atoms with Crippen LogP contribution in [-0.4, -0.2) is 131 Å². The van der Waals surface area contributed by atoms with Crippen molar-refractivity contribution in [3.8, 4) is 0 Å². The molecule has 7 amide bonds. The van der Waals surface area contributed by atoms with E-state index in [4.69, 9.17) is 34.4 Å². The Morgan fingerprint density at radius 2 is 1.44 bits per heavy atom. The van der Waals surface area contributed by atoms with Crippen LogP contribution in [-0.2, 0) is 57.6 Å². The Labute approximate surface area is 427 Å². The third-order valence-corrected chi connectivity index (χ3v) is 13.6. The molecule has 2 aromatic heterocycles. The summed E-state index contributed by atoms with van der Waals surface area (Å²) >= 11 is 1.54. The predicted molar refractivity (Wildman–Crippen MR) is 278 cm³/mol. The van der Waals surface area contributed by atoms with E-state index in [1.807, 2.05) is 78.3 Å². The number of hydrogen-bond acceptors (Lipinski definition) is 11. The highest BCUT2D eigenvalue weighted by molar-refractivity contribution is 7.09. The van der Waals surface area contributed by atoms with Crippen molar-refractivity contribution in [2.24, 2.45) is 50.3 Å². The molecule has 5 rings (SSSR count). The van der Waals surface area contributed by atoms with E-state index in [1.54, 1.807) is 7.05 Å². The first-order chi connectivity index (χ1) is 34.9. The van der Waals surface area contributed by atoms with Crippen LogP contribution in [0, 0.1) is 5.92 Å². The van der Waals surface area contributed by atoms with Gasteiger partial charge in [0.25, 0.3) is 0 Å². The van der Waals surface area contributed by atoms with Crippen LogP contribution in [0.4, 0.5) is 0 Å². The number of nitrogens with one attached hydrogen (secondary N) is 4. The van der Waals surface area contributed by atoms with Gasteiger partial charge >= 0.3 is 0 Å². The largest absolute Gasteiger partial charge is 0.370 e. The maximum absolute atomic E-state index is 14.9. The minimum absolute atomic E-state index is 0.0186. The number of aryl methyl sites for hydroxylation is 1. The summed E-state index contributed by atoms with van der Waals surface area (Å²) < 4.78 is 0. The first kappa shape index (κ1) is 56.1. The minimum atomic E-state index is -1.46. The summed E-state index contributed by atoms with van der Waals surface area (Å²) in [4.78, 5) is 125. The van der Waals surface area contributed by atoms with Crippen molar-refractivity contribution in [1.82, 2.24) is 30.7 Å². The number of Topliss-reactive ketones (excluding diaryl/α,β-unsaturated/α-hetero) is 1. The fourth-order valence-corrected chi connectivity index (χ4v) is 9.54. The maximum Gasteiger partial charge on any atom is 0.243 e. The fraction of sp³-hybridized carbons (Fsp3) is 0.440. The second-order valence-corrected chi connectivity index (χ2v) is 19.1. The van der Waals surface area contributed by atoms with Gasteiger partial charge in [-0.05, 0) is 80.0 Å². The van der Waals surface area contributed by atoms with Crippen molar-refractivity contribution in [3.05, 3.63) is 94.3 Å². The van der Waals surface area contributed by atoms with Gasteiger partial charge in [0.15, 0.2) is 17.7 Å². The molecular formula is C50H68N14O8S. The van der Waals surface area contributed by atoms with E-state index in [2.05, 4.69) is 30.9 Å². The highest BCUT2D eigenvalue weighted by Gasteiger charge is 2.40. The summed E-state index contributed by atoms with van der Waals surface area (Å²) in [7, 11) is 1.58. The van der Waals surface area contributed by atoms with Gasteiger partial charge in [-0.3, -0.25) is 48.3 Å². The van der Waals surface area contributed by atoms with Crippen LogP contribution in [0.3, 0.4) is 0 Å². The Morgan fingerprint density at radius 1 is 0.767 bits per heavy atom. The number of benzene rings is 2. The first-order valence-electron chi connectivity index (χ1n) is 24.2. The van der Waals surface area contributed by atoms with Crippen molar-refractivity contribution in [2.75, 3.05) is 26.7 Å². The number of hydrogen-bond donors (Lipinski definition) is 10. The molecule has 0 radical (unpaired) electrons. The number of aromatic amines is 1. The molecule has 2 aromatic carbocycles. The molecule has 0 spiro atoms. The number of thiophene rings is 1. The van der Waals surface area contributed by atoms with Gasteiger partial charge in [-0.1, -0.05) is 54.6 Å². The highest BCUT2D eigenvalue weighted by Crippen LogP contribution is 2.26. The molecule has 0 aliphatic carbocycles. The zero-order valence-electron chi connectivity index (χ0n) is 41.0. The lowest BCUT2D eigenvalue weighted by atomic mass is 9.90. The Hall–Kier alpha value is -7.82. The van der Waals surface area contributed by atoms with Crippen LogP contribution in [0.1, 0.15) is 73.8 Å². The second kappa shape index (κ2) is 27.7. The van der Waals surface area contributed by atoms with Gasteiger partial charge in [-0.25, -0.2) is 0 Å². The zero-order chi connectivity index (χ0) is 53.0. The van der Waals surface area contributed by atoms with E-state index in [9.17, 15) is 38.4 Å². The van der Waals surface area contributed by atoms with E-state index in [-0.39, 0.29) is 95.2 Å². The molecule has 0 unspecified atom stereocenters. The fourth-order valence-electron chi connectivity index (χ4n) is 8.83. The van der Waals surface area contributed by atoms with Crippen LogP contribution < -0.4 is 50.4 Å². The van der Waals surface area contributed by atoms with Crippen LogP contribution >= 0.6 is 11.3 Å². The number of nitrogens with two attached hydrogens (primary N) is 6. The molecule has 0 bridgehead atoms. The molecule has 73 heavy (non-hydrogen) atoms. The molecule has 3 heterocycles. The first-order valence-corrected chi connectivity index (χ1v) is 25.1. The highest BCUT2D eigenvalue weighted by atomic mass is 32.1. The number of ketones is 1. The Bertz CT molecular complexity index is 2600. The molecule has 23 heteroatoms. The molecule has 1 saturated heterocycles. The quantitative estimate of drug-likeness (QED) is 0.0195. The molecule has 1 fully saturated rings. The van der Waals surface area contributed by atoms with Crippen molar-refractivity contribution in [3.63, 3.8) is 0 Å². The molecule has 22 nitrogen and oxygen atoms in total. The molecule has 0 saturated carbocycles. The lowest BCUT2D eigenvalue weighted by Gasteiger charge is -2.31. The van der Waals surface area contributed by atoms with Crippen molar-refractivity contribution in [1.29, 1.82) is 0 Å². The minimum Gasteiger partial charge on any atom is -0.370 e. The number of carbonyl (C=O) groups is 8. The SMILES string of the molecule is CN(C(=O)CCc1cccs1)[C@@H](Cc1c[nH]c2ccccc12)C(=O)N[C@@H](Cc1ccccc1)C(=O)C[C@H](CCCN=C(N)N)C(=O)N1CCC[C@H]1C(=O)N[C@@H](CCCN=C(N)N)C(=O)N[C@@H](CC(N)=O)C(N)=O. The number of primary amides is 2. The van der Waals surface area contributed by atoms with E-state index >= 15 is 0 Å². The number of likely N-dealkylation sites (N-methyl/N-ethyl adjacent to an activating group) is 1. The second-order valence-electron chi connectivity index (χ2n) is 18.1. The maximum atomic E-state index is 14.9. The van der Waals surface area contributed by atoms with Gasteiger partial charge in [-0.2, -0.15) is 0 Å². The Balaban J connectivity index is 1.41.